The lowest BCUT2D eigenvalue weighted by molar-refractivity contribution is -0.149. The number of hydrogen-bond donors (Lipinski definition) is 1. The van der Waals surface area contributed by atoms with E-state index in [0.29, 0.717) is 0 Å². The molecule has 2 N–H and O–H groups in total. The molecule has 1 aromatic rings. The summed E-state index contributed by atoms with van der Waals surface area (Å²) in [7, 11) is 0. The predicted molar refractivity (Wildman–Crippen MR) is 63.3 cm³/mol. The zero-order chi connectivity index (χ0) is 13.2. The van der Waals surface area contributed by atoms with Gasteiger partial charge in [0.25, 0.3) is 0 Å². The smallest absolute Gasteiger partial charge is 0.316 e. The maximum Gasteiger partial charge on any atom is 0.407 e. The van der Waals surface area contributed by atoms with Crippen LogP contribution >= 0.6 is 0 Å². The van der Waals surface area contributed by atoms with Gasteiger partial charge in [-0.25, -0.2) is 0 Å². The molecule has 0 radical (unpaired) electrons. The van der Waals surface area contributed by atoms with Gasteiger partial charge in [-0.2, -0.15) is 13.2 Å². The van der Waals surface area contributed by atoms with Crippen LogP contribution in [0.15, 0.2) is 30.8 Å². The summed E-state index contributed by atoms with van der Waals surface area (Å²) in [6.07, 6.45) is -4.41. The van der Waals surface area contributed by atoms with Gasteiger partial charge in [-0.1, -0.05) is 44.7 Å². The lowest BCUT2D eigenvalue weighted by Gasteiger charge is -2.17. The molecule has 0 fully saturated rings. The number of rotatable bonds is 3. The second-order valence-corrected chi connectivity index (χ2v) is 4.32. The summed E-state index contributed by atoms with van der Waals surface area (Å²) in [5.74, 6) is 0.261. The molecule has 1 unspecified atom stereocenters. The van der Waals surface area contributed by atoms with Crippen molar-refractivity contribution in [3.05, 3.63) is 42.0 Å². The summed E-state index contributed by atoms with van der Waals surface area (Å²) in [6.45, 7) is 7.86. The molecule has 0 heterocycles. The van der Waals surface area contributed by atoms with Crippen molar-refractivity contribution in [1.82, 2.24) is 0 Å². The molecule has 1 rings (SSSR count). The molecule has 94 valence electrons. The number of benzene rings is 1. The quantitative estimate of drug-likeness (QED) is 0.855. The summed E-state index contributed by atoms with van der Waals surface area (Å²) < 4.78 is 37.1. The lowest BCUT2D eigenvalue weighted by atomic mass is 9.95. The summed E-state index contributed by atoms with van der Waals surface area (Å²) in [5, 5.41) is 0. The third-order valence-electron chi connectivity index (χ3n) is 2.69. The van der Waals surface area contributed by atoms with Crippen molar-refractivity contribution >= 4 is 5.57 Å². The van der Waals surface area contributed by atoms with E-state index in [1.54, 1.807) is 12.1 Å². The summed E-state index contributed by atoms with van der Waals surface area (Å²) in [4.78, 5) is 0. The first-order chi connectivity index (χ1) is 7.73. The number of hydrogen-bond acceptors (Lipinski definition) is 1. The number of nitrogens with two attached hydrogens (primary N) is 1. The minimum atomic E-state index is -4.41. The fourth-order valence-corrected chi connectivity index (χ4v) is 1.43. The topological polar surface area (TPSA) is 26.0 Å². The lowest BCUT2D eigenvalue weighted by Crippen LogP contribution is -2.28. The Morgan fingerprint density at radius 3 is 2.00 bits per heavy atom. The molecule has 0 aliphatic carbocycles. The molecule has 4 heteroatoms. The Hall–Kier alpha value is -1.29. The van der Waals surface area contributed by atoms with Crippen molar-refractivity contribution in [2.45, 2.75) is 26.1 Å². The van der Waals surface area contributed by atoms with E-state index in [2.05, 4.69) is 6.58 Å². The van der Waals surface area contributed by atoms with Crippen LogP contribution in [0.5, 0.6) is 0 Å². The van der Waals surface area contributed by atoms with E-state index >= 15 is 0 Å². The molecule has 0 aliphatic rings. The van der Waals surface area contributed by atoms with Crippen molar-refractivity contribution in [3.63, 3.8) is 0 Å². The Kier molecular flexibility index (Phi) is 3.98. The van der Waals surface area contributed by atoms with Crippen LogP contribution in [0.25, 0.3) is 5.57 Å². The van der Waals surface area contributed by atoms with Gasteiger partial charge in [0.1, 0.15) is 6.04 Å². The maximum absolute atomic E-state index is 12.4. The zero-order valence-electron chi connectivity index (χ0n) is 9.88. The summed E-state index contributed by atoms with van der Waals surface area (Å²) >= 11 is 0. The fraction of sp³-hybridized carbons (Fsp3) is 0.385. The van der Waals surface area contributed by atoms with E-state index in [9.17, 15) is 13.2 Å². The third-order valence-corrected chi connectivity index (χ3v) is 2.69. The van der Waals surface area contributed by atoms with E-state index in [-0.39, 0.29) is 11.5 Å². The van der Waals surface area contributed by atoms with Gasteiger partial charge in [-0.15, -0.1) is 0 Å². The fourth-order valence-electron chi connectivity index (χ4n) is 1.43. The first-order valence-electron chi connectivity index (χ1n) is 5.35. The van der Waals surface area contributed by atoms with Crippen LogP contribution in [-0.4, -0.2) is 6.18 Å². The minimum Gasteiger partial charge on any atom is -0.316 e. The van der Waals surface area contributed by atoms with Crippen molar-refractivity contribution < 1.29 is 13.2 Å². The minimum absolute atomic E-state index is 0.0674. The average molecular weight is 243 g/mol. The van der Waals surface area contributed by atoms with Crippen LogP contribution in [-0.2, 0) is 0 Å². The second kappa shape index (κ2) is 4.92. The largest absolute Gasteiger partial charge is 0.407 e. The van der Waals surface area contributed by atoms with Gasteiger partial charge in [-0.3, -0.25) is 0 Å². The Morgan fingerprint density at radius 2 is 1.65 bits per heavy atom. The second-order valence-electron chi connectivity index (χ2n) is 4.32. The third kappa shape index (κ3) is 3.33. The van der Waals surface area contributed by atoms with Crippen molar-refractivity contribution in [2.24, 2.45) is 11.7 Å². The van der Waals surface area contributed by atoms with Gasteiger partial charge in [-0.05, 0) is 22.6 Å². The van der Waals surface area contributed by atoms with Gasteiger partial charge in [0.15, 0.2) is 0 Å². The molecule has 0 bridgehead atoms. The van der Waals surface area contributed by atoms with Gasteiger partial charge in [0, 0.05) is 0 Å². The molecule has 17 heavy (non-hydrogen) atoms. The van der Waals surface area contributed by atoms with E-state index in [1.165, 1.54) is 12.1 Å². The SMILES string of the molecule is C=C(c1ccc(C(N)C(F)(F)F)cc1)C(C)C. The van der Waals surface area contributed by atoms with Gasteiger partial charge < -0.3 is 5.73 Å². The molecule has 0 aliphatic heterocycles. The molecular formula is C13H16F3N. The van der Waals surface area contributed by atoms with Crippen LogP contribution in [0.4, 0.5) is 13.2 Å². The highest BCUT2D eigenvalue weighted by Crippen LogP contribution is 2.31. The number of alkyl halides is 3. The first-order valence-corrected chi connectivity index (χ1v) is 5.35. The molecular weight excluding hydrogens is 227 g/mol. The van der Waals surface area contributed by atoms with E-state index in [0.717, 1.165) is 11.1 Å². The highest BCUT2D eigenvalue weighted by molar-refractivity contribution is 5.64. The molecule has 0 amide bonds. The molecule has 0 saturated heterocycles. The summed E-state index contributed by atoms with van der Waals surface area (Å²) in [5.41, 5.74) is 6.92. The van der Waals surface area contributed by atoms with Crippen molar-refractivity contribution in [2.75, 3.05) is 0 Å². The molecule has 1 nitrogen and oxygen atoms in total. The Morgan fingerprint density at radius 1 is 1.18 bits per heavy atom. The normalized spacial score (nSPS) is 13.8. The molecule has 0 saturated carbocycles. The molecule has 0 spiro atoms. The van der Waals surface area contributed by atoms with Crippen molar-refractivity contribution in [3.8, 4) is 0 Å². The number of halogens is 3. The molecule has 0 aromatic heterocycles. The van der Waals surface area contributed by atoms with Crippen molar-refractivity contribution in [1.29, 1.82) is 0 Å². The Labute approximate surface area is 99.1 Å². The Bertz CT molecular complexity index is 390. The van der Waals surface area contributed by atoms with E-state index in [4.69, 9.17) is 5.73 Å². The molecule has 1 atom stereocenters. The summed E-state index contributed by atoms with van der Waals surface area (Å²) in [6, 6.07) is 4.14. The molecule has 1 aromatic carbocycles. The average Bonchev–Trinajstić information content (AvgIpc) is 2.26. The van der Waals surface area contributed by atoms with Gasteiger partial charge >= 0.3 is 6.18 Å². The van der Waals surface area contributed by atoms with Gasteiger partial charge in [0.2, 0.25) is 0 Å². The Balaban J connectivity index is 2.93. The standard InChI is InChI=1S/C13H16F3N/c1-8(2)9(3)10-4-6-11(7-5-10)12(17)13(14,15)16/h4-8,12H,3,17H2,1-2H3. The monoisotopic (exact) mass is 243 g/mol. The van der Waals surface area contributed by atoms with Crippen LogP contribution in [0.3, 0.4) is 0 Å². The van der Waals surface area contributed by atoms with Crippen LogP contribution in [0, 0.1) is 5.92 Å². The zero-order valence-corrected chi connectivity index (χ0v) is 9.88. The van der Waals surface area contributed by atoms with Crippen LogP contribution in [0.1, 0.15) is 31.0 Å². The number of allylic oxidation sites excluding steroid dienone is 1. The predicted octanol–water partition coefficient (Wildman–Crippen LogP) is 3.92. The van der Waals surface area contributed by atoms with E-state index in [1.807, 2.05) is 13.8 Å². The first kappa shape index (κ1) is 13.8. The highest BCUT2D eigenvalue weighted by Gasteiger charge is 2.37. The van der Waals surface area contributed by atoms with Crippen LogP contribution < -0.4 is 5.73 Å². The van der Waals surface area contributed by atoms with E-state index < -0.39 is 12.2 Å². The van der Waals surface area contributed by atoms with Gasteiger partial charge in [0.05, 0.1) is 0 Å². The highest BCUT2D eigenvalue weighted by atomic mass is 19.4. The van der Waals surface area contributed by atoms with Crippen LogP contribution in [0.2, 0.25) is 0 Å². The maximum atomic E-state index is 12.4.